The zero-order chi connectivity index (χ0) is 32.8. The second-order valence-electron chi connectivity index (χ2n) is 13.2. The van der Waals surface area contributed by atoms with Gasteiger partial charge >= 0.3 is 0 Å². The minimum absolute atomic E-state index is 0.276. The van der Waals surface area contributed by atoms with Gasteiger partial charge in [0.1, 0.15) is 5.69 Å². The van der Waals surface area contributed by atoms with E-state index < -0.39 is 0 Å². The van der Waals surface area contributed by atoms with Gasteiger partial charge in [-0.25, -0.2) is 4.57 Å². The van der Waals surface area contributed by atoms with Crippen LogP contribution in [0.3, 0.4) is 0 Å². The Bertz CT molecular complexity index is 2290. The monoisotopic (exact) mass is 610 g/mol. The number of nitriles is 1. The van der Waals surface area contributed by atoms with Crippen LogP contribution in [0.2, 0.25) is 0 Å². The largest absolute Gasteiger partial charge is 0.295 e. The predicted octanol–water partition coefficient (Wildman–Crippen LogP) is 11.0. The van der Waals surface area contributed by atoms with Crippen LogP contribution in [0.5, 0.6) is 0 Å². The molecule has 0 fully saturated rings. The van der Waals surface area contributed by atoms with Crippen LogP contribution in [-0.2, 0) is 7.05 Å². The molecule has 0 spiro atoms. The van der Waals surface area contributed by atoms with Gasteiger partial charge in [0.15, 0.2) is 11.0 Å². The van der Waals surface area contributed by atoms with Crippen molar-refractivity contribution in [3.05, 3.63) is 144 Å². The number of aryl methyl sites for hydroxylation is 2. The highest BCUT2D eigenvalue weighted by Gasteiger charge is 2.32. The van der Waals surface area contributed by atoms with E-state index in [1.54, 1.807) is 0 Å². The van der Waals surface area contributed by atoms with Gasteiger partial charge in [-0.2, -0.15) is 9.83 Å². The summed E-state index contributed by atoms with van der Waals surface area (Å²) < 4.78 is 4.78. The molecule has 0 aliphatic heterocycles. The van der Waals surface area contributed by atoms with Gasteiger partial charge in [-0.3, -0.25) is 0 Å². The third kappa shape index (κ3) is 5.11. The van der Waals surface area contributed by atoms with Crippen molar-refractivity contribution < 1.29 is 4.57 Å². The number of rotatable bonds is 6. The molecule has 47 heavy (non-hydrogen) atoms. The van der Waals surface area contributed by atoms with Crippen LogP contribution in [0.25, 0.3) is 61.1 Å². The Morgan fingerprint density at radius 1 is 0.617 bits per heavy atom. The molecule has 0 radical (unpaired) electrons. The van der Waals surface area contributed by atoms with E-state index in [1.165, 1.54) is 44.6 Å². The van der Waals surface area contributed by atoms with Crippen molar-refractivity contribution in [1.29, 1.82) is 5.26 Å². The van der Waals surface area contributed by atoms with E-state index in [9.17, 15) is 5.26 Å². The normalized spacial score (nSPS) is 11.6. The first-order valence-corrected chi connectivity index (χ1v) is 16.5. The topological polar surface area (TPSA) is 32.6 Å². The maximum Gasteiger partial charge on any atom is 0.295 e. The van der Waals surface area contributed by atoms with Crippen LogP contribution in [0.4, 0.5) is 0 Å². The molecule has 3 nitrogen and oxygen atoms in total. The van der Waals surface area contributed by atoms with Gasteiger partial charge in [-0.15, -0.1) is 0 Å². The molecular formula is C44H40N3+. The quantitative estimate of drug-likeness (QED) is 0.172. The van der Waals surface area contributed by atoms with Gasteiger partial charge in [-0.05, 0) is 87.7 Å². The van der Waals surface area contributed by atoms with Crippen molar-refractivity contribution in [2.45, 2.75) is 46.5 Å². The van der Waals surface area contributed by atoms with E-state index in [0.29, 0.717) is 5.56 Å². The molecule has 0 aliphatic carbocycles. The molecule has 230 valence electrons. The summed E-state index contributed by atoms with van der Waals surface area (Å²) in [7, 11) is 2.15. The second kappa shape index (κ2) is 12.0. The fourth-order valence-corrected chi connectivity index (χ4v) is 7.16. The van der Waals surface area contributed by atoms with E-state index in [1.807, 2.05) is 6.07 Å². The summed E-state index contributed by atoms with van der Waals surface area (Å²) in [5.41, 5.74) is 14.0. The van der Waals surface area contributed by atoms with Crippen molar-refractivity contribution in [1.82, 2.24) is 4.57 Å². The Hall–Kier alpha value is -5.46. The maximum absolute atomic E-state index is 10.3. The lowest BCUT2D eigenvalue weighted by Gasteiger charge is -2.21. The molecule has 0 N–H and O–H groups in total. The highest BCUT2D eigenvalue weighted by molar-refractivity contribution is 5.96. The highest BCUT2D eigenvalue weighted by atomic mass is 15.2. The van der Waals surface area contributed by atoms with Crippen LogP contribution in [0.15, 0.2) is 121 Å². The molecular weight excluding hydrogens is 571 g/mol. The van der Waals surface area contributed by atoms with Crippen LogP contribution < -0.4 is 4.57 Å². The third-order valence-electron chi connectivity index (χ3n) is 9.65. The first-order valence-electron chi connectivity index (χ1n) is 16.5. The summed E-state index contributed by atoms with van der Waals surface area (Å²) in [5.74, 6) is 1.63. The van der Waals surface area contributed by atoms with E-state index in [-0.39, 0.29) is 11.8 Å². The molecule has 6 aromatic carbocycles. The highest BCUT2D eigenvalue weighted by Crippen LogP contribution is 2.41. The van der Waals surface area contributed by atoms with Crippen molar-refractivity contribution >= 4 is 21.8 Å². The summed E-state index contributed by atoms with van der Waals surface area (Å²) >= 11 is 0. The lowest BCUT2D eigenvalue weighted by atomic mass is 9.87. The van der Waals surface area contributed by atoms with E-state index in [2.05, 4.69) is 172 Å². The number of hydrogen-bond donors (Lipinski definition) is 0. The molecule has 7 rings (SSSR count). The van der Waals surface area contributed by atoms with E-state index >= 15 is 0 Å². The smallest absolute Gasteiger partial charge is 0.225 e. The number of aromatic nitrogens is 2. The minimum Gasteiger partial charge on any atom is -0.225 e. The Labute approximate surface area is 278 Å². The number of nitrogens with zero attached hydrogens (tertiary/aromatic N) is 3. The fraction of sp³-hybridized carbons (Fsp3) is 0.182. The molecule has 3 heteroatoms. The number of benzene rings is 6. The first-order chi connectivity index (χ1) is 22.8. The summed E-state index contributed by atoms with van der Waals surface area (Å²) in [5, 5.41) is 12.4. The van der Waals surface area contributed by atoms with Crippen molar-refractivity contribution in [2.24, 2.45) is 7.05 Å². The second-order valence-corrected chi connectivity index (χ2v) is 13.2. The van der Waals surface area contributed by atoms with Gasteiger partial charge < -0.3 is 0 Å². The number of fused-ring (bicyclic) bond motifs is 2. The first kappa shape index (κ1) is 30.2. The molecule has 0 saturated carbocycles. The van der Waals surface area contributed by atoms with Crippen LogP contribution in [0.1, 0.15) is 61.8 Å². The SMILES string of the molecule is Cc1c(-c2n(-c3c(C(C)C)cc(-c4ccc(-c5ccccc5)cc4)cc3C(C)C)c3ccccc3[n+]2C)cc(C#N)c2ccccc12. The molecule has 1 heterocycles. The Balaban J connectivity index is 1.52. The average molecular weight is 611 g/mol. The lowest BCUT2D eigenvalue weighted by molar-refractivity contribution is -0.633. The van der Waals surface area contributed by atoms with Crippen molar-refractivity contribution in [3.8, 4) is 45.4 Å². The number of imidazole rings is 1. The van der Waals surface area contributed by atoms with Crippen molar-refractivity contribution in [2.75, 3.05) is 0 Å². The molecule has 0 saturated heterocycles. The van der Waals surface area contributed by atoms with E-state index in [4.69, 9.17) is 0 Å². The van der Waals surface area contributed by atoms with Crippen LogP contribution in [-0.4, -0.2) is 4.57 Å². The molecule has 0 bridgehead atoms. The molecule has 1 aromatic heterocycles. The van der Waals surface area contributed by atoms with Crippen LogP contribution in [0, 0.1) is 18.3 Å². The molecule has 7 aromatic rings. The standard InChI is InChI=1S/C44H40N3/c1-28(2)38-24-34(33-22-20-32(21-23-33)31-14-8-7-9-15-31)25-39(29(3)4)43(38)47-42-19-13-12-18-41(42)46(6)44(47)40-26-35(27-45)37-17-11-10-16-36(37)30(40)5/h7-26,28-29H,1-6H3/q+1. The molecule has 0 atom stereocenters. The predicted molar refractivity (Wildman–Crippen MR) is 196 cm³/mol. The number of hydrogen-bond acceptors (Lipinski definition) is 1. The lowest BCUT2D eigenvalue weighted by Crippen LogP contribution is -2.30. The zero-order valence-corrected chi connectivity index (χ0v) is 28.0. The fourth-order valence-electron chi connectivity index (χ4n) is 7.16. The Kier molecular flexibility index (Phi) is 7.74. The van der Waals surface area contributed by atoms with E-state index in [0.717, 1.165) is 33.2 Å². The maximum atomic E-state index is 10.3. The Morgan fingerprint density at radius 3 is 1.77 bits per heavy atom. The van der Waals surface area contributed by atoms with Gasteiger partial charge in [0.25, 0.3) is 5.82 Å². The zero-order valence-electron chi connectivity index (χ0n) is 28.0. The van der Waals surface area contributed by atoms with Crippen LogP contribution >= 0.6 is 0 Å². The number of para-hydroxylation sites is 2. The van der Waals surface area contributed by atoms with Crippen molar-refractivity contribution in [3.63, 3.8) is 0 Å². The summed E-state index contributed by atoms with van der Waals surface area (Å²) in [6.07, 6.45) is 0. The molecule has 0 aliphatic rings. The molecule has 0 amide bonds. The summed E-state index contributed by atoms with van der Waals surface area (Å²) in [6, 6.07) is 45.9. The van der Waals surface area contributed by atoms with Gasteiger partial charge in [0.05, 0.1) is 24.2 Å². The Morgan fingerprint density at radius 2 is 1.15 bits per heavy atom. The minimum atomic E-state index is 0.276. The van der Waals surface area contributed by atoms with Gasteiger partial charge in [-0.1, -0.05) is 119 Å². The van der Waals surface area contributed by atoms with Gasteiger partial charge in [0, 0.05) is 11.1 Å². The third-order valence-corrected chi connectivity index (χ3v) is 9.65. The van der Waals surface area contributed by atoms with Gasteiger partial charge in [0.2, 0.25) is 0 Å². The summed E-state index contributed by atoms with van der Waals surface area (Å²) in [6.45, 7) is 11.4. The summed E-state index contributed by atoms with van der Waals surface area (Å²) in [4.78, 5) is 0. The molecule has 0 unspecified atom stereocenters. The average Bonchev–Trinajstić information content (AvgIpc) is 3.39.